The molecule has 108 valence electrons. The zero-order valence-corrected chi connectivity index (χ0v) is 11.6. The number of hydrogen-bond acceptors (Lipinski definition) is 5. The number of aromatic nitrogens is 2. The van der Waals surface area contributed by atoms with Gasteiger partial charge < -0.3 is 14.8 Å². The number of ether oxygens (including phenoxy) is 1. The van der Waals surface area contributed by atoms with E-state index in [2.05, 4.69) is 14.7 Å². The Kier molecular flexibility index (Phi) is 4.38. The first-order valence-corrected chi connectivity index (χ1v) is 7.31. The summed E-state index contributed by atoms with van der Waals surface area (Å²) in [4.78, 5) is 6.80. The van der Waals surface area contributed by atoms with Gasteiger partial charge in [0.2, 0.25) is 10.0 Å². The second-order valence-corrected chi connectivity index (χ2v) is 5.76. The van der Waals surface area contributed by atoms with Crippen molar-refractivity contribution in [3.63, 3.8) is 0 Å². The average Bonchev–Trinajstić information content (AvgIpc) is 2.97. The summed E-state index contributed by atoms with van der Waals surface area (Å²) in [7, 11) is -2.21. The minimum Gasteiger partial charge on any atom is -0.496 e. The number of rotatable bonds is 6. The van der Waals surface area contributed by atoms with Crippen LogP contribution >= 0.6 is 0 Å². The van der Waals surface area contributed by atoms with Gasteiger partial charge in [-0.05, 0) is 18.2 Å². The first-order chi connectivity index (χ1) is 9.56. The number of aliphatic hydroxyl groups excluding tert-OH is 1. The number of nitrogens with zero attached hydrogens (tertiary/aromatic N) is 1. The van der Waals surface area contributed by atoms with Crippen molar-refractivity contribution in [3.05, 3.63) is 42.0 Å². The van der Waals surface area contributed by atoms with Crippen molar-refractivity contribution in [1.29, 1.82) is 0 Å². The van der Waals surface area contributed by atoms with Gasteiger partial charge in [-0.15, -0.1) is 0 Å². The fourth-order valence-electron chi connectivity index (χ4n) is 1.69. The molecule has 0 aliphatic carbocycles. The van der Waals surface area contributed by atoms with Crippen LogP contribution in [0.2, 0.25) is 0 Å². The molecule has 0 saturated heterocycles. The molecule has 1 aromatic carbocycles. The lowest BCUT2D eigenvalue weighted by molar-refractivity contribution is 0.273. The number of nitrogens with one attached hydrogen (secondary N) is 2. The molecule has 20 heavy (non-hydrogen) atoms. The molecule has 3 N–H and O–H groups in total. The molecule has 0 aliphatic rings. The molecule has 7 nitrogen and oxygen atoms in total. The molecule has 1 heterocycles. The van der Waals surface area contributed by atoms with E-state index in [1.165, 1.54) is 25.3 Å². The zero-order chi connectivity index (χ0) is 14.6. The van der Waals surface area contributed by atoms with Crippen LogP contribution in [0.1, 0.15) is 11.4 Å². The quantitative estimate of drug-likeness (QED) is 0.715. The summed E-state index contributed by atoms with van der Waals surface area (Å²) >= 11 is 0. The summed E-state index contributed by atoms with van der Waals surface area (Å²) in [5.74, 6) is 0.960. The highest BCUT2D eigenvalue weighted by Gasteiger charge is 2.16. The molecule has 0 bridgehead atoms. The first kappa shape index (κ1) is 14.5. The number of imidazole rings is 1. The van der Waals surface area contributed by atoms with Gasteiger partial charge in [0.1, 0.15) is 11.6 Å². The van der Waals surface area contributed by atoms with Gasteiger partial charge in [0.15, 0.2) is 0 Å². The third-order valence-electron chi connectivity index (χ3n) is 2.72. The van der Waals surface area contributed by atoms with Crippen molar-refractivity contribution in [1.82, 2.24) is 14.7 Å². The van der Waals surface area contributed by atoms with E-state index in [1.807, 2.05) is 0 Å². The molecule has 0 radical (unpaired) electrons. The third-order valence-corrected chi connectivity index (χ3v) is 4.12. The van der Waals surface area contributed by atoms with Crippen LogP contribution < -0.4 is 9.46 Å². The normalized spacial score (nSPS) is 11.5. The number of sulfonamides is 1. The van der Waals surface area contributed by atoms with Crippen molar-refractivity contribution in [2.45, 2.75) is 18.0 Å². The molecule has 0 unspecified atom stereocenters. The van der Waals surface area contributed by atoms with Gasteiger partial charge in [-0.3, -0.25) is 0 Å². The van der Waals surface area contributed by atoms with Crippen molar-refractivity contribution in [2.24, 2.45) is 0 Å². The van der Waals surface area contributed by atoms with E-state index in [9.17, 15) is 13.5 Å². The number of hydrogen-bond donors (Lipinski definition) is 3. The summed E-state index contributed by atoms with van der Waals surface area (Å²) < 4.78 is 31.7. The minimum atomic E-state index is -3.67. The lowest BCUT2D eigenvalue weighted by Crippen LogP contribution is -2.24. The summed E-state index contributed by atoms with van der Waals surface area (Å²) in [6.45, 7) is -0.236. The fraction of sp³-hybridized carbons (Fsp3) is 0.250. The van der Waals surface area contributed by atoms with Crippen molar-refractivity contribution in [2.75, 3.05) is 7.11 Å². The maximum atomic E-state index is 12.1. The molecule has 1 aromatic heterocycles. The van der Waals surface area contributed by atoms with E-state index < -0.39 is 10.0 Å². The number of methoxy groups -OCH3 is 1. The van der Waals surface area contributed by atoms with Gasteiger partial charge >= 0.3 is 0 Å². The molecular weight excluding hydrogens is 282 g/mol. The van der Waals surface area contributed by atoms with Crippen LogP contribution in [0, 0.1) is 0 Å². The third kappa shape index (κ3) is 3.16. The topological polar surface area (TPSA) is 104 Å². The highest BCUT2D eigenvalue weighted by atomic mass is 32.2. The Morgan fingerprint density at radius 3 is 2.85 bits per heavy atom. The standard InChI is InChI=1S/C12H15N3O4S/c1-19-11-3-2-10(6-9(11)8-16)20(17,18)15-7-12-13-4-5-14-12/h2-6,15-16H,7-8H2,1H3,(H,13,14). The number of H-pyrrole nitrogens is 1. The van der Waals surface area contributed by atoms with E-state index in [0.717, 1.165) is 0 Å². The lowest BCUT2D eigenvalue weighted by Gasteiger charge is -2.10. The average molecular weight is 297 g/mol. The van der Waals surface area contributed by atoms with Crippen LogP contribution in [-0.2, 0) is 23.2 Å². The van der Waals surface area contributed by atoms with Gasteiger partial charge in [-0.25, -0.2) is 18.1 Å². The molecule has 0 amide bonds. The molecule has 0 spiro atoms. The first-order valence-electron chi connectivity index (χ1n) is 5.82. The molecular formula is C12H15N3O4S. The number of aromatic amines is 1. The van der Waals surface area contributed by atoms with Crippen molar-refractivity contribution >= 4 is 10.0 Å². The van der Waals surface area contributed by atoms with Gasteiger partial charge in [0.25, 0.3) is 0 Å². The van der Waals surface area contributed by atoms with Crippen molar-refractivity contribution < 1.29 is 18.3 Å². The summed E-state index contributed by atoms with van der Waals surface area (Å²) in [6, 6.07) is 4.30. The predicted octanol–water partition coefficient (Wildman–Crippen LogP) is 0.389. The smallest absolute Gasteiger partial charge is 0.240 e. The SMILES string of the molecule is COc1ccc(S(=O)(=O)NCc2ncc[nH]2)cc1CO. The van der Waals surface area contributed by atoms with Crippen molar-refractivity contribution in [3.8, 4) is 5.75 Å². The van der Waals surface area contributed by atoms with Crippen LogP contribution in [0.15, 0.2) is 35.5 Å². The van der Waals surface area contributed by atoms with Crippen LogP contribution in [0.4, 0.5) is 0 Å². The van der Waals surface area contributed by atoms with Crippen LogP contribution in [0.3, 0.4) is 0 Å². The maximum Gasteiger partial charge on any atom is 0.240 e. The highest BCUT2D eigenvalue weighted by molar-refractivity contribution is 7.89. The Bertz CT molecular complexity index is 668. The van der Waals surface area contributed by atoms with Crippen LogP contribution in [0.5, 0.6) is 5.75 Å². The molecule has 0 atom stereocenters. The molecule has 2 rings (SSSR count). The lowest BCUT2D eigenvalue weighted by atomic mass is 10.2. The van der Waals surface area contributed by atoms with E-state index in [0.29, 0.717) is 17.1 Å². The monoisotopic (exact) mass is 297 g/mol. The number of benzene rings is 1. The van der Waals surface area contributed by atoms with Gasteiger partial charge in [0, 0.05) is 18.0 Å². The Labute approximate surface area is 116 Å². The fourth-order valence-corrected chi connectivity index (χ4v) is 2.73. The number of aliphatic hydroxyl groups is 1. The Morgan fingerprint density at radius 2 is 2.25 bits per heavy atom. The van der Waals surface area contributed by atoms with Crippen LogP contribution in [0.25, 0.3) is 0 Å². The minimum absolute atomic E-state index is 0.0638. The molecule has 0 fully saturated rings. The molecule has 0 saturated carbocycles. The van der Waals surface area contributed by atoms with E-state index in [1.54, 1.807) is 12.4 Å². The summed E-state index contributed by atoms with van der Waals surface area (Å²) in [5, 5.41) is 9.21. The predicted molar refractivity (Wildman–Crippen MR) is 71.5 cm³/mol. The second kappa shape index (κ2) is 6.04. The van der Waals surface area contributed by atoms with Gasteiger partial charge in [-0.2, -0.15) is 0 Å². The van der Waals surface area contributed by atoms with E-state index in [-0.39, 0.29) is 18.0 Å². The zero-order valence-electron chi connectivity index (χ0n) is 10.8. The van der Waals surface area contributed by atoms with Gasteiger partial charge in [-0.1, -0.05) is 0 Å². The molecule has 8 heteroatoms. The summed E-state index contributed by atoms with van der Waals surface area (Å²) in [6.07, 6.45) is 3.15. The molecule has 2 aromatic rings. The van der Waals surface area contributed by atoms with Gasteiger partial charge in [0.05, 0.1) is 25.2 Å². The Hall–Kier alpha value is -1.90. The van der Waals surface area contributed by atoms with E-state index >= 15 is 0 Å². The highest BCUT2D eigenvalue weighted by Crippen LogP contribution is 2.22. The summed E-state index contributed by atoms with van der Waals surface area (Å²) in [5.41, 5.74) is 0.411. The Morgan fingerprint density at radius 1 is 1.45 bits per heavy atom. The maximum absolute atomic E-state index is 12.1. The van der Waals surface area contributed by atoms with Crippen LogP contribution in [-0.4, -0.2) is 30.6 Å². The Balaban J connectivity index is 2.20. The molecule has 0 aliphatic heterocycles. The van der Waals surface area contributed by atoms with E-state index in [4.69, 9.17) is 4.74 Å². The largest absolute Gasteiger partial charge is 0.496 e. The second-order valence-electron chi connectivity index (χ2n) is 3.99.